The molecule has 56 heavy (non-hydrogen) atoms. The second-order valence-corrected chi connectivity index (χ2v) is 16.7. The number of ketones is 2. The van der Waals surface area contributed by atoms with Crippen LogP contribution in [-0.4, -0.2) is 100 Å². The monoisotopic (exact) mass is 798 g/mol. The molecule has 1 aromatic carbocycles. The third-order valence-electron chi connectivity index (χ3n) is 10.6. The molecule has 290 valence electrons. The van der Waals surface area contributed by atoms with Gasteiger partial charge in [0.2, 0.25) is 0 Å². The molecule has 4 aliphatic heterocycles. The van der Waals surface area contributed by atoms with E-state index in [2.05, 4.69) is 10.6 Å². The number of benzene rings is 1. The lowest BCUT2D eigenvalue weighted by Gasteiger charge is -2.51. The SMILES string of the molecule is CC1=C(C(=O)O)N2C(=O)[C@@H](NC(=O)c3ccc(C(=O)N[C@@H]4C(=O)N5C(C(=O)O)=C(C)[C@H](C(=O)CC6=CC=CCC6)S[C@H]45)cc3)[C@H]2S[C@@H]1C(=O)CC1=CC=CCC1. The minimum atomic E-state index is -1.34. The summed E-state index contributed by atoms with van der Waals surface area (Å²) in [7, 11) is 0. The Bertz CT molecular complexity index is 2020. The molecule has 0 bridgehead atoms. The number of carboxylic acids is 2. The van der Waals surface area contributed by atoms with Crippen molar-refractivity contribution in [3.63, 3.8) is 0 Å². The minimum Gasteiger partial charge on any atom is -0.477 e. The molecule has 0 unspecified atom stereocenters. The zero-order chi connectivity index (χ0) is 40.0. The smallest absolute Gasteiger partial charge is 0.352 e. The van der Waals surface area contributed by atoms with Crippen LogP contribution in [0.5, 0.6) is 0 Å². The third kappa shape index (κ3) is 7.07. The topological polar surface area (TPSA) is 208 Å². The molecule has 4 heterocycles. The van der Waals surface area contributed by atoms with Crippen LogP contribution in [0, 0.1) is 0 Å². The zero-order valence-corrected chi connectivity index (χ0v) is 32.0. The Morgan fingerprint density at radius 1 is 0.661 bits per heavy atom. The van der Waals surface area contributed by atoms with Crippen LogP contribution in [0.3, 0.4) is 0 Å². The average molecular weight is 799 g/mol. The van der Waals surface area contributed by atoms with Crippen molar-refractivity contribution in [1.29, 1.82) is 0 Å². The Labute approximate surface area is 329 Å². The summed E-state index contributed by atoms with van der Waals surface area (Å²) in [5.74, 6) is -5.64. The van der Waals surface area contributed by atoms with Gasteiger partial charge in [0, 0.05) is 24.0 Å². The number of aliphatic carboxylic acids is 2. The maximum atomic E-state index is 13.4. The number of amides is 4. The van der Waals surface area contributed by atoms with E-state index in [9.17, 15) is 48.6 Å². The predicted octanol–water partition coefficient (Wildman–Crippen LogP) is 3.64. The second kappa shape index (κ2) is 15.6. The Hall–Kier alpha value is -5.48. The number of hydrogen-bond donors (Lipinski definition) is 4. The summed E-state index contributed by atoms with van der Waals surface area (Å²) in [5.41, 5.74) is 2.07. The van der Waals surface area contributed by atoms with Gasteiger partial charge in [-0.25, -0.2) is 9.59 Å². The van der Waals surface area contributed by atoms with Crippen molar-refractivity contribution >= 4 is 70.7 Å². The molecule has 6 atom stereocenters. The number of carbonyl (C=O) groups is 8. The van der Waals surface area contributed by atoms with Crippen molar-refractivity contribution in [2.75, 3.05) is 0 Å². The number of fused-ring (bicyclic) bond motifs is 2. The maximum Gasteiger partial charge on any atom is 0.352 e. The van der Waals surface area contributed by atoms with Crippen molar-refractivity contribution in [3.8, 4) is 0 Å². The van der Waals surface area contributed by atoms with Crippen LogP contribution in [0.2, 0.25) is 0 Å². The van der Waals surface area contributed by atoms with E-state index in [0.717, 1.165) is 70.2 Å². The zero-order valence-electron chi connectivity index (χ0n) is 30.4. The van der Waals surface area contributed by atoms with Gasteiger partial charge in [-0.3, -0.25) is 38.6 Å². The fourth-order valence-electron chi connectivity index (χ4n) is 7.69. The number of β-lactam (4-membered cyclic amide) rings is 2. The first-order chi connectivity index (χ1) is 26.8. The Morgan fingerprint density at radius 3 is 1.36 bits per heavy atom. The molecule has 6 aliphatic rings. The summed E-state index contributed by atoms with van der Waals surface area (Å²) >= 11 is 2.25. The molecule has 2 saturated heterocycles. The van der Waals surface area contributed by atoms with Gasteiger partial charge in [0.1, 0.15) is 34.2 Å². The molecule has 14 nitrogen and oxygen atoms in total. The molecule has 2 fully saturated rings. The van der Waals surface area contributed by atoms with E-state index >= 15 is 0 Å². The third-order valence-corrected chi connectivity index (χ3v) is 13.9. The van der Waals surface area contributed by atoms with Crippen molar-refractivity contribution in [2.45, 2.75) is 85.7 Å². The molecule has 7 rings (SSSR count). The van der Waals surface area contributed by atoms with Gasteiger partial charge in [0.25, 0.3) is 23.6 Å². The Kier molecular flexibility index (Phi) is 10.8. The van der Waals surface area contributed by atoms with Gasteiger partial charge in [-0.15, -0.1) is 23.5 Å². The highest BCUT2D eigenvalue weighted by Gasteiger charge is 2.58. The number of rotatable bonds is 12. The first kappa shape index (κ1) is 38.8. The van der Waals surface area contributed by atoms with Crippen LogP contribution >= 0.6 is 23.5 Å². The van der Waals surface area contributed by atoms with E-state index in [1.54, 1.807) is 0 Å². The largest absolute Gasteiger partial charge is 0.477 e. The fraction of sp³-hybridized carbons (Fsp3) is 0.350. The molecule has 4 amide bonds. The van der Waals surface area contributed by atoms with Gasteiger partial charge in [0.05, 0.1) is 10.5 Å². The normalized spacial score (nSPS) is 26.6. The number of nitrogens with zero attached hydrogens (tertiary/aromatic N) is 2. The predicted molar refractivity (Wildman–Crippen MR) is 206 cm³/mol. The van der Waals surface area contributed by atoms with Gasteiger partial charge in [-0.1, -0.05) is 47.6 Å². The number of Topliss-reactive ketones (excluding diaryl/α,β-unsaturated/α-hetero) is 2. The summed E-state index contributed by atoms with van der Waals surface area (Å²) in [6, 6.07) is 3.21. The van der Waals surface area contributed by atoms with Gasteiger partial charge in [0.15, 0.2) is 11.6 Å². The molecule has 0 radical (unpaired) electrons. The molecular formula is C40H38N4O10S2. The Balaban J connectivity index is 0.996. The molecule has 0 spiro atoms. The van der Waals surface area contributed by atoms with E-state index in [4.69, 9.17) is 0 Å². The summed E-state index contributed by atoms with van der Waals surface area (Å²) in [6.07, 6.45) is 14.9. The van der Waals surface area contributed by atoms with Crippen LogP contribution in [0.4, 0.5) is 0 Å². The van der Waals surface area contributed by atoms with Crippen molar-refractivity contribution in [3.05, 3.63) is 106 Å². The van der Waals surface area contributed by atoms with Crippen LogP contribution < -0.4 is 10.6 Å². The number of hydrogen-bond acceptors (Lipinski definition) is 10. The highest BCUT2D eigenvalue weighted by atomic mass is 32.2. The van der Waals surface area contributed by atoms with Crippen molar-refractivity contribution < 1.29 is 48.6 Å². The van der Waals surface area contributed by atoms with E-state index < -0.39 is 68.9 Å². The van der Waals surface area contributed by atoms with Gasteiger partial charge >= 0.3 is 11.9 Å². The number of allylic oxidation sites excluding steroid dienone is 8. The fourth-order valence-corrected chi connectivity index (χ4v) is 10.7. The van der Waals surface area contributed by atoms with E-state index in [-0.39, 0.29) is 58.1 Å². The number of carbonyl (C=O) groups excluding carboxylic acids is 6. The molecule has 0 saturated carbocycles. The number of nitrogens with one attached hydrogen (secondary N) is 2. The highest BCUT2D eigenvalue weighted by molar-refractivity contribution is 8.01. The Morgan fingerprint density at radius 2 is 1.04 bits per heavy atom. The number of carboxylic acid groups (broad SMARTS) is 2. The summed E-state index contributed by atoms with van der Waals surface area (Å²) in [5, 5.41) is 22.0. The molecular weight excluding hydrogens is 761 g/mol. The van der Waals surface area contributed by atoms with Crippen LogP contribution in [0.25, 0.3) is 0 Å². The van der Waals surface area contributed by atoms with E-state index in [1.807, 2.05) is 36.5 Å². The van der Waals surface area contributed by atoms with Gasteiger partial charge in [-0.2, -0.15) is 0 Å². The van der Waals surface area contributed by atoms with Crippen molar-refractivity contribution in [2.24, 2.45) is 0 Å². The van der Waals surface area contributed by atoms with Gasteiger partial charge in [-0.05, 0) is 74.9 Å². The minimum absolute atomic E-state index is 0.0917. The first-order valence-electron chi connectivity index (χ1n) is 18.1. The second-order valence-electron chi connectivity index (χ2n) is 14.3. The van der Waals surface area contributed by atoms with E-state index in [1.165, 1.54) is 38.1 Å². The summed E-state index contributed by atoms with van der Waals surface area (Å²) < 4.78 is 0. The molecule has 1 aromatic rings. The lowest BCUT2D eigenvalue weighted by Crippen LogP contribution is -2.71. The van der Waals surface area contributed by atoms with E-state index in [0.29, 0.717) is 0 Å². The van der Waals surface area contributed by atoms with Crippen LogP contribution in [0.1, 0.15) is 73.1 Å². The number of thioether (sulfide) groups is 2. The quantitative estimate of drug-likeness (QED) is 0.224. The standard InChI is InChI=1S/C40H38N4O10S2/c1-19-29(39(51)52)43-35(49)27(37(43)55-31(19)25(45)17-21-9-5-3-6-10-21)41-33(47)23-13-15-24(16-14-23)34(48)42-28-36(50)44-30(40(53)54)20(2)32(56-38(28)44)26(46)18-22-11-7-4-8-12-22/h3-5,7,9,11,13-16,27-28,31-32,37-38H,6,8,10,12,17-18H2,1-2H3,(H,41,47)(H,42,48)(H,51,52)(H,53,54)/t27-,28-,31-,32+,37-,38-/m1/s1. The maximum absolute atomic E-state index is 13.4. The molecule has 16 heteroatoms. The molecule has 2 aliphatic carbocycles. The first-order valence-corrected chi connectivity index (χ1v) is 20.0. The summed E-state index contributed by atoms with van der Waals surface area (Å²) in [6.45, 7) is 3.06. The lowest BCUT2D eigenvalue weighted by atomic mass is 9.94. The van der Waals surface area contributed by atoms with Gasteiger partial charge < -0.3 is 20.8 Å². The van der Waals surface area contributed by atoms with Crippen LogP contribution in [0.15, 0.2) is 94.4 Å². The molecule has 4 N–H and O–H groups in total. The average Bonchev–Trinajstić information content (AvgIpc) is 3.18. The molecule has 0 aromatic heterocycles. The summed E-state index contributed by atoms with van der Waals surface area (Å²) in [4.78, 5) is 107. The van der Waals surface area contributed by atoms with Crippen LogP contribution in [-0.2, 0) is 28.8 Å². The lowest BCUT2D eigenvalue weighted by molar-refractivity contribution is -0.149. The highest BCUT2D eigenvalue weighted by Crippen LogP contribution is 2.46. The van der Waals surface area contributed by atoms with Crippen molar-refractivity contribution in [1.82, 2.24) is 20.4 Å².